The maximum Gasteiger partial charge on any atom is 0.433 e. The van der Waals surface area contributed by atoms with Crippen LogP contribution in [0, 0.1) is 12.7 Å². The number of hydrogen-bond acceptors (Lipinski definition) is 6. The molecule has 0 amide bonds. The van der Waals surface area contributed by atoms with E-state index >= 15 is 0 Å². The van der Waals surface area contributed by atoms with Gasteiger partial charge in [-0.25, -0.2) is 9.18 Å². The summed E-state index contributed by atoms with van der Waals surface area (Å²) < 4.78 is 98.9. The Balaban J connectivity index is 1.52. The predicted molar refractivity (Wildman–Crippen MR) is 160 cm³/mol. The monoisotopic (exact) mass is 664 g/mol. The minimum Gasteiger partial charge on any atom is -0.363 e. The van der Waals surface area contributed by atoms with Crippen LogP contribution in [-0.4, -0.2) is 45.2 Å². The van der Waals surface area contributed by atoms with Crippen LogP contribution in [0.3, 0.4) is 0 Å². The number of pyridine rings is 1. The Labute approximate surface area is 264 Å². The molecule has 1 saturated heterocycles. The molecule has 250 valence electrons. The van der Waals surface area contributed by atoms with Crippen molar-refractivity contribution in [3.05, 3.63) is 127 Å². The lowest BCUT2D eigenvalue weighted by Crippen LogP contribution is -2.51. The topological polar surface area (TPSA) is 89.4 Å². The van der Waals surface area contributed by atoms with Crippen molar-refractivity contribution in [1.82, 2.24) is 19.0 Å². The van der Waals surface area contributed by atoms with Crippen molar-refractivity contribution in [2.24, 2.45) is 5.73 Å². The summed E-state index contributed by atoms with van der Waals surface area (Å²) in [5, 5.41) is 0. The molecule has 0 saturated carbocycles. The third-order valence-electron chi connectivity index (χ3n) is 8.25. The van der Waals surface area contributed by atoms with Crippen LogP contribution in [0.5, 0.6) is 0 Å². The third-order valence-corrected chi connectivity index (χ3v) is 8.25. The molecule has 1 aliphatic rings. The Hall–Kier alpha value is -4.50. The summed E-state index contributed by atoms with van der Waals surface area (Å²) in [6, 6.07) is 13.0. The average Bonchev–Trinajstić information content (AvgIpc) is 3.02. The first-order chi connectivity index (χ1) is 22.2. The van der Waals surface area contributed by atoms with Crippen molar-refractivity contribution in [3.8, 4) is 0 Å². The van der Waals surface area contributed by atoms with Gasteiger partial charge >= 0.3 is 18.0 Å². The lowest BCUT2D eigenvalue weighted by molar-refractivity contribution is -0.142. The SMILES string of the molecule is Cc1c(N2CCN(Cc3cccnc3C(F)(F)F)CC2)c(=O)n(CC(N)c2ccccc2)c(=O)n1Cc1c(F)cccc1C(F)(F)F. The zero-order valence-electron chi connectivity index (χ0n) is 25.2. The molecule has 3 heterocycles. The summed E-state index contributed by atoms with van der Waals surface area (Å²) in [5.74, 6) is -1.17. The number of alkyl halides is 6. The number of rotatable bonds is 8. The highest BCUT2D eigenvalue weighted by Gasteiger charge is 2.37. The first-order valence-corrected chi connectivity index (χ1v) is 14.6. The summed E-state index contributed by atoms with van der Waals surface area (Å²) in [5.41, 5.74) is 2.24. The Morgan fingerprint density at radius 3 is 2.15 bits per heavy atom. The molecular formula is C32H31F7N6O2. The van der Waals surface area contributed by atoms with Gasteiger partial charge in [0.15, 0.2) is 0 Å². The van der Waals surface area contributed by atoms with E-state index in [1.54, 1.807) is 40.1 Å². The van der Waals surface area contributed by atoms with Crippen LogP contribution < -0.4 is 21.9 Å². The number of nitrogens with two attached hydrogens (primary N) is 1. The van der Waals surface area contributed by atoms with E-state index in [-0.39, 0.29) is 56.2 Å². The summed E-state index contributed by atoms with van der Waals surface area (Å²) in [6.07, 6.45) is -8.49. The summed E-state index contributed by atoms with van der Waals surface area (Å²) in [4.78, 5) is 34.6. The second kappa shape index (κ2) is 13.3. The molecule has 4 aromatic rings. The number of aromatic nitrogens is 3. The fraction of sp³-hybridized carbons (Fsp3) is 0.344. The van der Waals surface area contributed by atoms with Crippen LogP contribution in [0.25, 0.3) is 0 Å². The standard InChI is InChI=1S/C32H31F7N6O2/c1-20-27(43-15-13-42(14-16-43)17-22-9-6-12-41-28(22)32(37,38)39)29(46)45(19-26(40)21-7-3-2-4-8-21)30(47)44(20)18-23-24(31(34,35)36)10-5-11-25(23)33/h2-12,26H,13-19,40H2,1H3. The molecule has 1 unspecified atom stereocenters. The first kappa shape index (κ1) is 33.9. The van der Waals surface area contributed by atoms with Crippen LogP contribution in [0.15, 0.2) is 76.4 Å². The van der Waals surface area contributed by atoms with Gasteiger partial charge in [0.05, 0.1) is 18.7 Å². The Bertz CT molecular complexity index is 1850. The van der Waals surface area contributed by atoms with Gasteiger partial charge in [-0.15, -0.1) is 0 Å². The molecular weight excluding hydrogens is 633 g/mol. The van der Waals surface area contributed by atoms with E-state index < -0.39 is 58.8 Å². The lowest BCUT2D eigenvalue weighted by atomic mass is 10.1. The van der Waals surface area contributed by atoms with Gasteiger partial charge < -0.3 is 10.6 Å². The molecule has 1 atom stereocenters. The van der Waals surface area contributed by atoms with Crippen LogP contribution in [-0.2, 0) is 32.0 Å². The van der Waals surface area contributed by atoms with Gasteiger partial charge in [-0.2, -0.15) is 26.3 Å². The number of halogens is 7. The molecule has 1 fully saturated rings. The average molecular weight is 665 g/mol. The molecule has 0 aliphatic carbocycles. The maximum atomic E-state index is 14.9. The highest BCUT2D eigenvalue weighted by Crippen LogP contribution is 2.34. The molecule has 0 radical (unpaired) electrons. The molecule has 5 rings (SSSR count). The minimum absolute atomic E-state index is 0.00627. The summed E-state index contributed by atoms with van der Waals surface area (Å²) >= 11 is 0. The van der Waals surface area contributed by atoms with Gasteiger partial charge in [0.25, 0.3) is 5.56 Å². The van der Waals surface area contributed by atoms with E-state index in [1.165, 1.54) is 19.1 Å². The quantitative estimate of drug-likeness (QED) is 0.268. The zero-order valence-corrected chi connectivity index (χ0v) is 25.2. The molecule has 2 aromatic carbocycles. The number of benzene rings is 2. The van der Waals surface area contributed by atoms with Crippen molar-refractivity contribution < 1.29 is 30.7 Å². The summed E-state index contributed by atoms with van der Waals surface area (Å²) in [6.45, 7) is 0.936. The predicted octanol–water partition coefficient (Wildman–Crippen LogP) is 4.96. The Morgan fingerprint density at radius 1 is 0.830 bits per heavy atom. The van der Waals surface area contributed by atoms with Crippen LogP contribution in [0.1, 0.15) is 39.7 Å². The van der Waals surface area contributed by atoms with Gasteiger partial charge in [-0.3, -0.25) is 23.8 Å². The molecule has 0 spiro atoms. The normalized spacial score (nSPS) is 15.2. The molecule has 15 heteroatoms. The number of anilines is 1. The van der Waals surface area contributed by atoms with E-state index in [4.69, 9.17) is 5.73 Å². The van der Waals surface area contributed by atoms with E-state index in [9.17, 15) is 40.3 Å². The molecule has 1 aliphatic heterocycles. The van der Waals surface area contributed by atoms with Crippen molar-refractivity contribution in [2.75, 3.05) is 31.1 Å². The van der Waals surface area contributed by atoms with Gasteiger partial charge in [-0.1, -0.05) is 42.5 Å². The number of nitrogens with zero attached hydrogens (tertiary/aromatic N) is 5. The van der Waals surface area contributed by atoms with Gasteiger partial charge in [0.2, 0.25) is 0 Å². The fourth-order valence-corrected chi connectivity index (χ4v) is 5.84. The Morgan fingerprint density at radius 2 is 1.51 bits per heavy atom. The van der Waals surface area contributed by atoms with Crippen molar-refractivity contribution in [3.63, 3.8) is 0 Å². The van der Waals surface area contributed by atoms with E-state index in [2.05, 4.69) is 4.98 Å². The highest BCUT2D eigenvalue weighted by molar-refractivity contribution is 5.50. The lowest BCUT2D eigenvalue weighted by Gasteiger charge is -2.37. The smallest absolute Gasteiger partial charge is 0.363 e. The second-order valence-electron chi connectivity index (χ2n) is 11.3. The first-order valence-electron chi connectivity index (χ1n) is 14.6. The van der Waals surface area contributed by atoms with Crippen LogP contribution in [0.4, 0.5) is 36.4 Å². The number of hydrogen-bond donors (Lipinski definition) is 1. The molecule has 2 aromatic heterocycles. The maximum absolute atomic E-state index is 14.9. The third kappa shape index (κ3) is 7.25. The van der Waals surface area contributed by atoms with Crippen molar-refractivity contribution in [1.29, 1.82) is 0 Å². The van der Waals surface area contributed by atoms with Crippen molar-refractivity contribution >= 4 is 5.69 Å². The Kier molecular flexibility index (Phi) is 9.59. The van der Waals surface area contributed by atoms with E-state index in [1.807, 2.05) is 0 Å². The van der Waals surface area contributed by atoms with E-state index in [0.29, 0.717) is 11.6 Å². The molecule has 8 nitrogen and oxygen atoms in total. The summed E-state index contributed by atoms with van der Waals surface area (Å²) in [7, 11) is 0. The minimum atomic E-state index is -4.92. The zero-order chi connectivity index (χ0) is 34.1. The second-order valence-corrected chi connectivity index (χ2v) is 11.3. The fourth-order valence-electron chi connectivity index (χ4n) is 5.84. The van der Waals surface area contributed by atoms with Gasteiger partial charge in [0, 0.05) is 56.2 Å². The number of piperazine rings is 1. The van der Waals surface area contributed by atoms with Crippen molar-refractivity contribution in [2.45, 2.75) is 45.0 Å². The van der Waals surface area contributed by atoms with E-state index in [0.717, 1.165) is 27.5 Å². The van der Waals surface area contributed by atoms with Crippen LogP contribution >= 0.6 is 0 Å². The molecule has 47 heavy (non-hydrogen) atoms. The molecule has 0 bridgehead atoms. The van der Waals surface area contributed by atoms with Crippen LogP contribution in [0.2, 0.25) is 0 Å². The molecule has 2 N–H and O–H groups in total. The highest BCUT2D eigenvalue weighted by atomic mass is 19.4. The largest absolute Gasteiger partial charge is 0.433 e. The van der Waals surface area contributed by atoms with Gasteiger partial charge in [0.1, 0.15) is 17.2 Å². The van der Waals surface area contributed by atoms with Gasteiger partial charge in [-0.05, 0) is 36.2 Å².